The number of hydrogen-bond donors (Lipinski definition) is 0. The Balaban J connectivity index is 1.30. The number of aromatic nitrogens is 3. The molecule has 176 valence electrons. The molecular weight excluding hydrogens is 462 g/mol. The van der Waals surface area contributed by atoms with Crippen molar-refractivity contribution < 1.29 is 16.8 Å². The van der Waals surface area contributed by atoms with Gasteiger partial charge in [-0.05, 0) is 74.6 Å². The molecule has 0 unspecified atom stereocenters. The average molecular weight is 490 g/mol. The number of benzene rings is 2. The zero-order chi connectivity index (χ0) is 23.2. The van der Waals surface area contributed by atoms with Gasteiger partial charge in [-0.1, -0.05) is 11.3 Å². The van der Waals surface area contributed by atoms with E-state index in [9.17, 15) is 16.8 Å². The predicted octanol–water partition coefficient (Wildman–Crippen LogP) is 2.55. The van der Waals surface area contributed by atoms with Crippen molar-refractivity contribution in [2.75, 3.05) is 26.2 Å². The minimum Gasteiger partial charge on any atom is -0.242 e. The Kier molecular flexibility index (Phi) is 5.76. The Hall–Kier alpha value is -2.34. The summed E-state index contributed by atoms with van der Waals surface area (Å²) in [5.41, 5.74) is 2.92. The quantitative estimate of drug-likeness (QED) is 0.545. The van der Waals surface area contributed by atoms with E-state index in [1.165, 1.54) is 32.9 Å². The summed E-state index contributed by atoms with van der Waals surface area (Å²) in [6.07, 6.45) is 2.97. The lowest BCUT2D eigenvalue weighted by molar-refractivity contribution is 0.263. The van der Waals surface area contributed by atoms with Crippen molar-refractivity contribution >= 4 is 31.1 Å². The third-order valence-electron chi connectivity index (χ3n) is 6.56. The summed E-state index contributed by atoms with van der Waals surface area (Å²) in [6, 6.07) is 11.7. The number of piperidine rings is 1. The first-order valence-corrected chi connectivity index (χ1v) is 14.1. The van der Waals surface area contributed by atoms with Crippen LogP contribution in [0.4, 0.5) is 0 Å². The van der Waals surface area contributed by atoms with Crippen molar-refractivity contribution in [3.05, 3.63) is 48.0 Å². The van der Waals surface area contributed by atoms with Crippen LogP contribution in [0.5, 0.6) is 0 Å². The van der Waals surface area contributed by atoms with Gasteiger partial charge in [0.15, 0.2) is 0 Å². The molecule has 0 bridgehead atoms. The van der Waals surface area contributed by atoms with Crippen LogP contribution in [0.1, 0.15) is 37.3 Å². The lowest BCUT2D eigenvalue weighted by atomic mass is 10.1. The minimum atomic E-state index is -3.70. The monoisotopic (exact) mass is 489 g/mol. The first-order valence-electron chi connectivity index (χ1n) is 11.2. The molecule has 0 aliphatic carbocycles. The number of aryl methyl sites for hydroxylation is 1. The van der Waals surface area contributed by atoms with Gasteiger partial charge in [0.2, 0.25) is 20.0 Å². The van der Waals surface area contributed by atoms with Gasteiger partial charge >= 0.3 is 0 Å². The first-order chi connectivity index (χ1) is 15.8. The normalized spacial score (nSPS) is 19.4. The maximum Gasteiger partial charge on any atom is 0.243 e. The highest BCUT2D eigenvalue weighted by Gasteiger charge is 2.32. The molecule has 3 aromatic rings. The van der Waals surface area contributed by atoms with Crippen molar-refractivity contribution in [3.8, 4) is 0 Å². The van der Waals surface area contributed by atoms with Gasteiger partial charge in [-0.15, -0.1) is 5.10 Å². The number of fused-ring (bicyclic) bond motifs is 1. The Morgan fingerprint density at radius 1 is 0.788 bits per heavy atom. The van der Waals surface area contributed by atoms with Gasteiger partial charge in [0.25, 0.3) is 0 Å². The second-order valence-corrected chi connectivity index (χ2v) is 12.6. The highest BCUT2D eigenvalue weighted by atomic mass is 32.2. The van der Waals surface area contributed by atoms with Crippen LogP contribution in [0.25, 0.3) is 11.0 Å². The molecule has 0 radical (unpaired) electrons. The molecule has 11 heteroatoms. The summed E-state index contributed by atoms with van der Waals surface area (Å²) in [7, 11) is -7.27. The zero-order valence-corrected chi connectivity index (χ0v) is 20.1. The molecule has 0 atom stereocenters. The molecule has 1 aromatic heterocycles. The molecule has 2 aromatic carbocycles. The van der Waals surface area contributed by atoms with E-state index in [2.05, 4.69) is 10.3 Å². The molecule has 0 amide bonds. The van der Waals surface area contributed by atoms with Crippen molar-refractivity contribution in [2.24, 2.45) is 0 Å². The fourth-order valence-corrected chi connectivity index (χ4v) is 7.65. The topological polar surface area (TPSA) is 105 Å². The summed E-state index contributed by atoms with van der Waals surface area (Å²) < 4.78 is 56.6. The van der Waals surface area contributed by atoms with Gasteiger partial charge in [0, 0.05) is 26.2 Å². The number of sulfonamides is 2. The van der Waals surface area contributed by atoms with E-state index in [4.69, 9.17) is 0 Å². The maximum absolute atomic E-state index is 13.2. The van der Waals surface area contributed by atoms with E-state index in [1.807, 2.05) is 29.8 Å². The second-order valence-electron chi connectivity index (χ2n) is 8.74. The number of nitrogens with zero attached hydrogens (tertiary/aromatic N) is 5. The molecule has 5 rings (SSSR count). The molecule has 2 saturated heterocycles. The highest BCUT2D eigenvalue weighted by molar-refractivity contribution is 7.89. The van der Waals surface area contributed by atoms with E-state index in [1.54, 1.807) is 0 Å². The van der Waals surface area contributed by atoms with E-state index in [0.29, 0.717) is 39.0 Å². The molecule has 9 nitrogen and oxygen atoms in total. The number of rotatable bonds is 5. The number of hydrogen-bond acceptors (Lipinski definition) is 6. The molecule has 3 heterocycles. The van der Waals surface area contributed by atoms with Crippen LogP contribution in [0, 0.1) is 6.92 Å². The van der Waals surface area contributed by atoms with Crippen LogP contribution in [-0.4, -0.2) is 66.6 Å². The molecule has 33 heavy (non-hydrogen) atoms. The fourth-order valence-electron chi connectivity index (χ4n) is 4.66. The van der Waals surface area contributed by atoms with E-state index < -0.39 is 20.0 Å². The first kappa shape index (κ1) is 22.5. The summed E-state index contributed by atoms with van der Waals surface area (Å²) >= 11 is 0. The van der Waals surface area contributed by atoms with Crippen LogP contribution in [0.3, 0.4) is 0 Å². The van der Waals surface area contributed by atoms with Gasteiger partial charge in [0.05, 0.1) is 21.3 Å². The summed E-state index contributed by atoms with van der Waals surface area (Å²) in [4.78, 5) is 0.248. The van der Waals surface area contributed by atoms with Crippen molar-refractivity contribution in [3.63, 3.8) is 0 Å². The van der Waals surface area contributed by atoms with Crippen LogP contribution < -0.4 is 0 Å². The average Bonchev–Trinajstić information content (AvgIpc) is 3.50. The third-order valence-corrected chi connectivity index (χ3v) is 10.4. The van der Waals surface area contributed by atoms with E-state index in [0.717, 1.165) is 29.4 Å². The van der Waals surface area contributed by atoms with Crippen LogP contribution in [0.15, 0.2) is 52.3 Å². The van der Waals surface area contributed by atoms with E-state index >= 15 is 0 Å². The van der Waals surface area contributed by atoms with Gasteiger partial charge in [0.1, 0.15) is 5.52 Å². The largest absolute Gasteiger partial charge is 0.243 e. The van der Waals surface area contributed by atoms with E-state index in [-0.39, 0.29) is 15.8 Å². The van der Waals surface area contributed by atoms with Crippen LogP contribution in [0.2, 0.25) is 0 Å². The lowest BCUT2D eigenvalue weighted by Gasteiger charge is -2.31. The third kappa shape index (κ3) is 4.07. The molecule has 2 aliphatic heterocycles. The predicted molar refractivity (Wildman–Crippen MR) is 124 cm³/mol. The van der Waals surface area contributed by atoms with Gasteiger partial charge < -0.3 is 0 Å². The molecular formula is C22H27N5O4S2. The molecule has 0 saturated carbocycles. The molecule has 2 aliphatic rings. The van der Waals surface area contributed by atoms with Crippen molar-refractivity contribution in [1.82, 2.24) is 23.6 Å². The Morgan fingerprint density at radius 3 is 1.91 bits per heavy atom. The zero-order valence-electron chi connectivity index (χ0n) is 18.5. The fraction of sp³-hybridized carbons (Fsp3) is 0.455. The summed E-state index contributed by atoms with van der Waals surface area (Å²) in [6.45, 7) is 3.77. The molecule has 0 N–H and O–H groups in total. The van der Waals surface area contributed by atoms with Gasteiger partial charge in [-0.2, -0.15) is 8.61 Å². The standard InChI is InChI=1S/C22H27N5O4S2/c1-17-4-9-22-21(16-17)23-24-27(22)18-10-14-26(15-11-18)33(30,31)20-7-5-19(6-8-20)32(28,29)25-12-2-3-13-25/h4-9,16,18H,2-3,10-15H2,1H3. The molecule has 0 spiro atoms. The lowest BCUT2D eigenvalue weighted by Crippen LogP contribution is -2.39. The van der Waals surface area contributed by atoms with Gasteiger partial charge in [-0.25, -0.2) is 21.5 Å². The molecule has 2 fully saturated rings. The summed E-state index contributed by atoms with van der Waals surface area (Å²) in [5.74, 6) is 0. The van der Waals surface area contributed by atoms with Crippen molar-refractivity contribution in [2.45, 2.75) is 48.4 Å². The SMILES string of the molecule is Cc1ccc2c(c1)nnn2C1CCN(S(=O)(=O)c2ccc(S(=O)(=O)N3CCCC3)cc2)CC1. The second kappa shape index (κ2) is 8.46. The minimum absolute atomic E-state index is 0.0807. The Morgan fingerprint density at radius 2 is 1.33 bits per heavy atom. The van der Waals surface area contributed by atoms with Crippen LogP contribution >= 0.6 is 0 Å². The maximum atomic E-state index is 13.2. The smallest absolute Gasteiger partial charge is 0.242 e. The van der Waals surface area contributed by atoms with Crippen molar-refractivity contribution in [1.29, 1.82) is 0 Å². The van der Waals surface area contributed by atoms with Gasteiger partial charge in [-0.3, -0.25) is 0 Å². The highest BCUT2D eigenvalue weighted by Crippen LogP contribution is 2.29. The summed E-state index contributed by atoms with van der Waals surface area (Å²) in [5, 5.41) is 8.56. The Labute approximate surface area is 194 Å². The van der Waals surface area contributed by atoms with Crippen LogP contribution in [-0.2, 0) is 20.0 Å². The Bertz CT molecular complexity index is 1370.